The summed E-state index contributed by atoms with van der Waals surface area (Å²) in [4.78, 5) is 24.6. The number of aliphatic hydroxyl groups excluding tert-OH is 2. The first-order valence-electron chi connectivity index (χ1n) is 39.9. The van der Waals surface area contributed by atoms with Crippen LogP contribution in [0.15, 0.2) is 12.2 Å². The van der Waals surface area contributed by atoms with Crippen LogP contribution in [0.1, 0.15) is 463 Å². The van der Waals surface area contributed by atoms with Gasteiger partial charge in [-0.05, 0) is 51.4 Å². The van der Waals surface area contributed by atoms with Gasteiger partial charge in [0.25, 0.3) is 0 Å². The van der Waals surface area contributed by atoms with Crippen molar-refractivity contribution < 1.29 is 24.5 Å². The molecule has 0 bridgehead atoms. The molecule has 0 aromatic rings. The van der Waals surface area contributed by atoms with Crippen LogP contribution in [0.2, 0.25) is 0 Å². The van der Waals surface area contributed by atoms with Gasteiger partial charge in [0.15, 0.2) is 0 Å². The lowest BCUT2D eigenvalue weighted by Crippen LogP contribution is -2.45. The third-order valence-electron chi connectivity index (χ3n) is 19.1. The topological polar surface area (TPSA) is 95.9 Å². The number of amides is 1. The first-order chi connectivity index (χ1) is 42.5. The number of hydrogen-bond acceptors (Lipinski definition) is 5. The Morgan fingerprint density at radius 2 is 0.547 bits per heavy atom. The molecule has 2 atom stereocenters. The van der Waals surface area contributed by atoms with E-state index in [-0.39, 0.29) is 18.5 Å². The third-order valence-corrected chi connectivity index (χ3v) is 19.1. The molecule has 6 heteroatoms. The van der Waals surface area contributed by atoms with Crippen molar-refractivity contribution in [1.29, 1.82) is 0 Å². The average Bonchev–Trinajstić information content (AvgIpc) is 3.54. The summed E-state index contributed by atoms with van der Waals surface area (Å²) in [5, 5.41) is 23.3. The molecule has 2 unspecified atom stereocenters. The first-order valence-corrected chi connectivity index (χ1v) is 39.9. The van der Waals surface area contributed by atoms with Gasteiger partial charge in [-0.3, -0.25) is 9.59 Å². The lowest BCUT2D eigenvalue weighted by atomic mass is 10.0. The SMILES string of the molecule is CCCCCCCCCCCCCCCCCCCCCC(=O)OCCCCCCCCCCCCCCCCCC/C=C\CCCCCCCCCCCCCCCCCCCC(=O)NC(CO)C(O)CCCCCCCCCCCCCCC. The minimum Gasteiger partial charge on any atom is -0.466 e. The summed E-state index contributed by atoms with van der Waals surface area (Å²) in [7, 11) is 0. The van der Waals surface area contributed by atoms with Gasteiger partial charge in [0.05, 0.1) is 25.4 Å². The van der Waals surface area contributed by atoms with Crippen molar-refractivity contribution in [2.24, 2.45) is 0 Å². The monoisotopic (exact) mass is 1210 g/mol. The number of carbonyl (C=O) groups excluding carboxylic acids is 2. The number of unbranched alkanes of at least 4 members (excludes halogenated alkanes) is 63. The highest BCUT2D eigenvalue weighted by molar-refractivity contribution is 5.76. The molecule has 6 nitrogen and oxygen atoms in total. The van der Waals surface area contributed by atoms with E-state index in [9.17, 15) is 19.8 Å². The Morgan fingerprint density at radius 1 is 0.314 bits per heavy atom. The number of rotatable bonds is 76. The van der Waals surface area contributed by atoms with E-state index in [1.807, 2.05) is 0 Å². The zero-order chi connectivity index (χ0) is 62.0. The number of carbonyl (C=O) groups is 2. The zero-order valence-electron chi connectivity index (χ0n) is 58.8. The molecule has 1 amide bonds. The summed E-state index contributed by atoms with van der Waals surface area (Å²) in [5.74, 6) is -0.000573. The number of ether oxygens (including phenoxy) is 1. The van der Waals surface area contributed by atoms with Crippen LogP contribution in [-0.4, -0.2) is 47.4 Å². The molecule has 0 saturated heterocycles. The molecule has 0 aromatic heterocycles. The highest BCUT2D eigenvalue weighted by Gasteiger charge is 2.20. The fourth-order valence-corrected chi connectivity index (χ4v) is 13.0. The summed E-state index contributed by atoms with van der Waals surface area (Å²) in [6.07, 6.45) is 96.1. The average molecular weight is 1210 g/mol. The number of hydrogen-bond donors (Lipinski definition) is 3. The quantitative estimate of drug-likeness (QED) is 0.0320. The lowest BCUT2D eigenvalue weighted by molar-refractivity contribution is -0.143. The van der Waals surface area contributed by atoms with Gasteiger partial charge in [-0.1, -0.05) is 411 Å². The van der Waals surface area contributed by atoms with Gasteiger partial charge in [-0.15, -0.1) is 0 Å². The third kappa shape index (κ3) is 71.7. The summed E-state index contributed by atoms with van der Waals surface area (Å²) in [5.41, 5.74) is 0. The van der Waals surface area contributed by atoms with Crippen LogP contribution in [0.25, 0.3) is 0 Å². The minimum atomic E-state index is -0.660. The van der Waals surface area contributed by atoms with Crippen molar-refractivity contribution in [3.63, 3.8) is 0 Å². The fraction of sp³-hybridized carbons (Fsp3) is 0.950. The normalized spacial score (nSPS) is 12.5. The lowest BCUT2D eigenvalue weighted by Gasteiger charge is -2.22. The number of esters is 1. The number of nitrogens with one attached hydrogen (secondary N) is 1. The van der Waals surface area contributed by atoms with Gasteiger partial charge < -0.3 is 20.3 Å². The van der Waals surface area contributed by atoms with Gasteiger partial charge in [-0.25, -0.2) is 0 Å². The van der Waals surface area contributed by atoms with E-state index in [0.29, 0.717) is 25.9 Å². The Hall–Kier alpha value is -1.40. The van der Waals surface area contributed by atoms with Gasteiger partial charge in [0, 0.05) is 12.8 Å². The van der Waals surface area contributed by atoms with Gasteiger partial charge >= 0.3 is 5.97 Å². The largest absolute Gasteiger partial charge is 0.466 e. The Bertz CT molecular complexity index is 1300. The summed E-state index contributed by atoms with van der Waals surface area (Å²) >= 11 is 0. The van der Waals surface area contributed by atoms with Crippen LogP contribution >= 0.6 is 0 Å². The maximum atomic E-state index is 12.5. The van der Waals surface area contributed by atoms with E-state index in [4.69, 9.17) is 4.74 Å². The highest BCUT2D eigenvalue weighted by Crippen LogP contribution is 2.20. The predicted octanol–water partition coefficient (Wildman–Crippen LogP) is 26.3. The number of allylic oxidation sites excluding steroid dienone is 2. The Labute approximate surface area is 539 Å². The first kappa shape index (κ1) is 84.6. The van der Waals surface area contributed by atoms with Crippen molar-refractivity contribution in [2.45, 2.75) is 475 Å². The zero-order valence-corrected chi connectivity index (χ0v) is 58.8. The second-order valence-electron chi connectivity index (χ2n) is 27.8. The van der Waals surface area contributed by atoms with E-state index < -0.39 is 12.1 Å². The maximum Gasteiger partial charge on any atom is 0.305 e. The molecule has 0 spiro atoms. The van der Waals surface area contributed by atoms with E-state index in [1.165, 1.54) is 392 Å². The Morgan fingerprint density at radius 3 is 0.826 bits per heavy atom. The van der Waals surface area contributed by atoms with E-state index in [1.54, 1.807) is 0 Å². The van der Waals surface area contributed by atoms with Crippen molar-refractivity contribution in [3.05, 3.63) is 12.2 Å². The fourth-order valence-electron chi connectivity index (χ4n) is 13.0. The minimum absolute atomic E-state index is 0.0274. The molecule has 0 fully saturated rings. The van der Waals surface area contributed by atoms with Crippen LogP contribution < -0.4 is 5.32 Å². The summed E-state index contributed by atoms with van der Waals surface area (Å²) in [6, 6.07) is -0.537. The molecule has 0 aromatic carbocycles. The smallest absolute Gasteiger partial charge is 0.305 e. The molecule has 3 N–H and O–H groups in total. The van der Waals surface area contributed by atoms with Crippen LogP contribution in [0.4, 0.5) is 0 Å². The van der Waals surface area contributed by atoms with Crippen LogP contribution in [0, 0.1) is 0 Å². The van der Waals surface area contributed by atoms with Crippen LogP contribution in [0.5, 0.6) is 0 Å². The molecule has 0 radical (unpaired) electrons. The van der Waals surface area contributed by atoms with E-state index in [2.05, 4.69) is 31.3 Å². The maximum absolute atomic E-state index is 12.5. The van der Waals surface area contributed by atoms with Crippen molar-refractivity contribution in [3.8, 4) is 0 Å². The van der Waals surface area contributed by atoms with Crippen LogP contribution in [0.3, 0.4) is 0 Å². The molecule has 0 saturated carbocycles. The van der Waals surface area contributed by atoms with Crippen LogP contribution in [-0.2, 0) is 14.3 Å². The van der Waals surface area contributed by atoms with Gasteiger partial charge in [0.2, 0.25) is 5.91 Å². The predicted molar refractivity (Wildman–Crippen MR) is 380 cm³/mol. The Kier molecular flexibility index (Phi) is 74.8. The van der Waals surface area contributed by atoms with Crippen molar-refractivity contribution >= 4 is 11.9 Å². The molecule has 0 aliphatic carbocycles. The molecular weight excluding hydrogens is 1050 g/mol. The van der Waals surface area contributed by atoms with Crippen molar-refractivity contribution in [1.82, 2.24) is 5.32 Å². The van der Waals surface area contributed by atoms with Gasteiger partial charge in [0.1, 0.15) is 0 Å². The Balaban J connectivity index is 3.29. The summed E-state index contributed by atoms with van der Waals surface area (Å²) in [6.45, 7) is 5.01. The molecule has 0 aliphatic heterocycles. The van der Waals surface area contributed by atoms with Gasteiger partial charge in [-0.2, -0.15) is 0 Å². The highest BCUT2D eigenvalue weighted by atomic mass is 16.5. The second kappa shape index (κ2) is 76.1. The van der Waals surface area contributed by atoms with E-state index in [0.717, 1.165) is 38.5 Å². The molecular formula is C80H157NO5. The molecule has 86 heavy (non-hydrogen) atoms. The summed E-state index contributed by atoms with van der Waals surface area (Å²) < 4.78 is 5.52. The molecule has 512 valence electrons. The van der Waals surface area contributed by atoms with Crippen molar-refractivity contribution in [2.75, 3.05) is 13.2 Å². The standard InChI is InChI=1S/C80H157NO5/c1-3-5-7-9-11-13-15-17-18-19-39-43-46-50-54-58-62-66-70-74-80(85)86-75-71-67-63-59-55-51-47-44-41-38-36-34-32-30-28-26-24-22-20-21-23-25-27-29-31-33-35-37-40-42-45-49-53-57-61-65-69-73-79(84)81-77(76-82)78(83)72-68-64-60-56-52-48-16-14-12-10-8-6-4-2/h20,22,77-78,82-83H,3-19,21,23-76H2,1-2H3,(H,81,84)/b22-20-. The second-order valence-corrected chi connectivity index (χ2v) is 27.8. The molecule has 0 rings (SSSR count). The number of aliphatic hydroxyl groups is 2. The molecule has 0 aliphatic rings. The molecule has 0 heterocycles. The van der Waals surface area contributed by atoms with E-state index >= 15 is 0 Å².